The van der Waals surface area contributed by atoms with E-state index < -0.39 is 11.6 Å². The highest BCUT2D eigenvalue weighted by atomic mass is 19.1. The first-order valence-electron chi connectivity index (χ1n) is 11.8. The summed E-state index contributed by atoms with van der Waals surface area (Å²) in [5, 5.41) is 0. The molecular weight excluding hydrogens is 418 g/mol. The van der Waals surface area contributed by atoms with E-state index in [0.29, 0.717) is 12.1 Å². The lowest BCUT2D eigenvalue weighted by Crippen LogP contribution is -2.34. The molecule has 1 aromatic heterocycles. The molecular formula is C27H28F2N4. The number of piperidine rings is 1. The molecule has 0 spiro atoms. The minimum Gasteiger partial charge on any atom is -0.341 e. The summed E-state index contributed by atoms with van der Waals surface area (Å²) in [6.07, 6.45) is 8.74. The molecule has 4 nitrogen and oxygen atoms in total. The maximum Gasteiger partial charge on any atom is 0.225 e. The van der Waals surface area contributed by atoms with Crippen LogP contribution in [0.1, 0.15) is 56.2 Å². The first kappa shape index (κ1) is 21.7. The van der Waals surface area contributed by atoms with Crippen molar-refractivity contribution in [3.8, 4) is 11.1 Å². The molecule has 0 saturated carbocycles. The molecule has 6 heteroatoms. The fraction of sp³-hybridized carbons (Fsp3) is 0.370. The van der Waals surface area contributed by atoms with Gasteiger partial charge in [-0.25, -0.2) is 18.7 Å². The van der Waals surface area contributed by atoms with Gasteiger partial charge < -0.3 is 4.90 Å². The van der Waals surface area contributed by atoms with Gasteiger partial charge in [0, 0.05) is 36.8 Å². The predicted molar refractivity (Wildman–Crippen MR) is 128 cm³/mol. The van der Waals surface area contributed by atoms with Crippen molar-refractivity contribution in [2.45, 2.75) is 45.1 Å². The number of halogens is 2. The maximum atomic E-state index is 14.1. The van der Waals surface area contributed by atoms with Gasteiger partial charge >= 0.3 is 0 Å². The van der Waals surface area contributed by atoms with Gasteiger partial charge in [0.05, 0.1) is 11.6 Å². The van der Waals surface area contributed by atoms with Crippen LogP contribution in [0.15, 0.2) is 59.9 Å². The molecule has 0 bridgehead atoms. The highest BCUT2D eigenvalue weighted by molar-refractivity contribution is 6.02. The fourth-order valence-corrected chi connectivity index (χ4v) is 4.87. The second-order valence-corrected chi connectivity index (χ2v) is 8.96. The van der Waals surface area contributed by atoms with E-state index in [9.17, 15) is 8.78 Å². The molecule has 3 heterocycles. The van der Waals surface area contributed by atoms with E-state index in [1.165, 1.54) is 37.5 Å². The lowest BCUT2D eigenvalue weighted by atomic mass is 9.95. The van der Waals surface area contributed by atoms with Crippen molar-refractivity contribution in [2.24, 2.45) is 10.9 Å². The minimum absolute atomic E-state index is 0.00720. The van der Waals surface area contributed by atoms with E-state index in [-0.39, 0.29) is 11.6 Å². The molecule has 2 aliphatic rings. The Morgan fingerprint density at radius 1 is 0.879 bits per heavy atom. The minimum atomic E-state index is -0.553. The predicted octanol–water partition coefficient (Wildman–Crippen LogP) is 6.37. The number of aromatic nitrogens is 2. The quantitative estimate of drug-likeness (QED) is 0.457. The van der Waals surface area contributed by atoms with E-state index in [1.54, 1.807) is 0 Å². The number of rotatable bonds is 5. The zero-order chi connectivity index (χ0) is 22.8. The van der Waals surface area contributed by atoms with E-state index in [2.05, 4.69) is 26.8 Å². The number of anilines is 1. The lowest BCUT2D eigenvalue weighted by Gasteiger charge is -2.31. The molecule has 2 aliphatic heterocycles. The van der Waals surface area contributed by atoms with Crippen molar-refractivity contribution in [1.29, 1.82) is 0 Å². The van der Waals surface area contributed by atoms with Gasteiger partial charge in [-0.3, -0.25) is 4.99 Å². The van der Waals surface area contributed by atoms with Crippen molar-refractivity contribution < 1.29 is 8.78 Å². The Morgan fingerprint density at radius 3 is 2.18 bits per heavy atom. The third-order valence-corrected chi connectivity index (χ3v) is 6.96. The molecule has 5 rings (SSSR count). The molecule has 0 N–H and O–H groups in total. The molecule has 1 atom stereocenters. The standard InChI is InChI=1S/C27H28F2N4/c1-2-18-12-14-33(15-13-18)27-30-16-21(17-31-27)19-6-8-20(9-7-19)24-10-11-25(32-24)26-22(28)4-3-5-23(26)29/h3-9,16-18,24H,2,10-15H2,1H3. The Labute approximate surface area is 193 Å². The summed E-state index contributed by atoms with van der Waals surface area (Å²) < 4.78 is 28.2. The monoisotopic (exact) mass is 446 g/mol. The van der Waals surface area contributed by atoms with E-state index in [0.717, 1.165) is 48.1 Å². The molecule has 1 unspecified atom stereocenters. The maximum absolute atomic E-state index is 14.1. The van der Waals surface area contributed by atoms with Gasteiger partial charge in [-0.2, -0.15) is 0 Å². The Morgan fingerprint density at radius 2 is 1.55 bits per heavy atom. The molecule has 0 aliphatic carbocycles. The number of hydrogen-bond donors (Lipinski definition) is 0. The molecule has 0 amide bonds. The average Bonchev–Trinajstić information content (AvgIpc) is 3.34. The Balaban J connectivity index is 1.28. The lowest BCUT2D eigenvalue weighted by molar-refractivity contribution is 0.392. The van der Waals surface area contributed by atoms with Crippen molar-refractivity contribution in [3.63, 3.8) is 0 Å². The average molecular weight is 447 g/mol. The Bertz CT molecular complexity index is 1110. The van der Waals surface area contributed by atoms with E-state index >= 15 is 0 Å². The number of nitrogens with zero attached hydrogens (tertiary/aromatic N) is 4. The smallest absolute Gasteiger partial charge is 0.225 e. The molecule has 1 saturated heterocycles. The highest BCUT2D eigenvalue weighted by Gasteiger charge is 2.24. The summed E-state index contributed by atoms with van der Waals surface area (Å²) in [5.74, 6) is 0.522. The molecule has 1 fully saturated rings. The van der Waals surface area contributed by atoms with Crippen molar-refractivity contribution in [2.75, 3.05) is 18.0 Å². The summed E-state index contributed by atoms with van der Waals surface area (Å²) in [6.45, 7) is 4.30. The van der Waals surface area contributed by atoms with E-state index in [1.807, 2.05) is 36.7 Å². The van der Waals surface area contributed by atoms with Crippen molar-refractivity contribution in [3.05, 3.63) is 77.6 Å². The number of hydrogen-bond acceptors (Lipinski definition) is 4. The van der Waals surface area contributed by atoms with Gasteiger partial charge in [-0.15, -0.1) is 0 Å². The van der Waals surface area contributed by atoms with Gasteiger partial charge in [0.25, 0.3) is 0 Å². The van der Waals surface area contributed by atoms with Gasteiger partial charge in [0.1, 0.15) is 11.6 Å². The van der Waals surface area contributed by atoms with Crippen LogP contribution in [-0.4, -0.2) is 28.8 Å². The second-order valence-electron chi connectivity index (χ2n) is 8.96. The van der Waals surface area contributed by atoms with Gasteiger partial charge in [-0.1, -0.05) is 43.7 Å². The van der Waals surface area contributed by atoms with Crippen LogP contribution < -0.4 is 4.90 Å². The first-order valence-corrected chi connectivity index (χ1v) is 11.8. The zero-order valence-corrected chi connectivity index (χ0v) is 18.8. The van der Waals surface area contributed by atoms with Gasteiger partial charge in [0.15, 0.2) is 0 Å². The van der Waals surface area contributed by atoms with Crippen LogP contribution in [0.25, 0.3) is 11.1 Å². The normalized spacial score (nSPS) is 19.1. The summed E-state index contributed by atoms with van der Waals surface area (Å²) in [6, 6.07) is 12.0. The number of aliphatic imine (C=N–C) groups is 1. The van der Waals surface area contributed by atoms with Crippen LogP contribution in [0.5, 0.6) is 0 Å². The van der Waals surface area contributed by atoms with Crippen LogP contribution in [0.2, 0.25) is 0 Å². The van der Waals surface area contributed by atoms with Crippen LogP contribution in [0.4, 0.5) is 14.7 Å². The van der Waals surface area contributed by atoms with Crippen LogP contribution in [0, 0.1) is 17.6 Å². The molecule has 0 radical (unpaired) electrons. The SMILES string of the molecule is CCC1CCN(c2ncc(-c3ccc(C4CCC(c5c(F)cccc5F)=N4)cc3)cn2)CC1. The van der Waals surface area contributed by atoms with E-state index in [4.69, 9.17) is 0 Å². The molecule has 33 heavy (non-hydrogen) atoms. The summed E-state index contributed by atoms with van der Waals surface area (Å²) in [5.41, 5.74) is 3.57. The Hall–Kier alpha value is -3.15. The molecule has 2 aromatic carbocycles. The fourth-order valence-electron chi connectivity index (χ4n) is 4.87. The zero-order valence-electron chi connectivity index (χ0n) is 18.8. The number of benzene rings is 2. The summed E-state index contributed by atoms with van der Waals surface area (Å²) in [4.78, 5) is 16.1. The second kappa shape index (κ2) is 9.38. The molecule has 170 valence electrons. The first-order chi connectivity index (χ1) is 16.1. The Kier molecular flexibility index (Phi) is 6.16. The summed E-state index contributed by atoms with van der Waals surface area (Å²) >= 11 is 0. The van der Waals surface area contributed by atoms with Crippen molar-refractivity contribution in [1.82, 2.24) is 9.97 Å². The van der Waals surface area contributed by atoms with Crippen molar-refractivity contribution >= 4 is 11.7 Å². The van der Waals surface area contributed by atoms with Crippen LogP contribution >= 0.6 is 0 Å². The van der Waals surface area contributed by atoms with Gasteiger partial charge in [0.2, 0.25) is 5.95 Å². The molecule has 3 aromatic rings. The van der Waals surface area contributed by atoms with Crippen LogP contribution in [-0.2, 0) is 0 Å². The topological polar surface area (TPSA) is 41.4 Å². The van der Waals surface area contributed by atoms with Gasteiger partial charge in [-0.05, 0) is 54.9 Å². The third kappa shape index (κ3) is 4.52. The summed E-state index contributed by atoms with van der Waals surface area (Å²) in [7, 11) is 0. The third-order valence-electron chi connectivity index (χ3n) is 6.96. The largest absolute Gasteiger partial charge is 0.341 e. The highest BCUT2D eigenvalue weighted by Crippen LogP contribution is 2.33. The van der Waals surface area contributed by atoms with Crippen LogP contribution in [0.3, 0.4) is 0 Å².